The third kappa shape index (κ3) is 2.48. The Bertz CT molecular complexity index is 677. The summed E-state index contributed by atoms with van der Waals surface area (Å²) in [6.45, 7) is 3.43. The molecule has 0 aliphatic carbocycles. The minimum Gasteiger partial charge on any atom is -0.319 e. The van der Waals surface area contributed by atoms with Gasteiger partial charge in [-0.15, -0.1) is 0 Å². The van der Waals surface area contributed by atoms with Crippen molar-refractivity contribution >= 4 is 17.3 Å². The number of hydrogen-bond donors (Lipinski definition) is 2. The minimum atomic E-state index is -0.984. The number of hydrogen-bond acceptors (Lipinski definition) is 4. The first-order valence-corrected chi connectivity index (χ1v) is 5.67. The van der Waals surface area contributed by atoms with Gasteiger partial charge in [-0.05, 0) is 26.0 Å². The summed E-state index contributed by atoms with van der Waals surface area (Å²) in [5.41, 5.74) is 1.01. The van der Waals surface area contributed by atoms with Gasteiger partial charge in [0.15, 0.2) is 0 Å². The quantitative estimate of drug-likeness (QED) is 0.664. The molecular weight excluding hydrogens is 267 g/mol. The largest absolute Gasteiger partial charge is 0.319 e. The van der Waals surface area contributed by atoms with Gasteiger partial charge in [-0.3, -0.25) is 20.0 Å². The first-order chi connectivity index (χ1) is 9.40. The Morgan fingerprint density at radius 1 is 1.45 bits per heavy atom. The lowest BCUT2D eigenvalue weighted by Crippen LogP contribution is -2.13. The number of aryl methyl sites for hydroxylation is 2. The number of anilines is 1. The topological polar surface area (TPSA) is 101 Å². The van der Waals surface area contributed by atoms with Gasteiger partial charge >= 0.3 is 5.69 Å². The van der Waals surface area contributed by atoms with Crippen molar-refractivity contribution in [2.45, 2.75) is 13.8 Å². The number of nitro groups is 1. The standard InChI is InChI=1S/C12H11FN4O3/c1-6-11(7(2)16-15-6)14-12(18)8-3-4-9(13)10(5-8)17(19)20/h3-5H,1-2H3,(H,14,18)(H,15,16). The Kier molecular flexibility index (Phi) is 3.47. The number of nitrogens with one attached hydrogen (secondary N) is 2. The third-order valence-corrected chi connectivity index (χ3v) is 2.77. The zero-order valence-corrected chi connectivity index (χ0v) is 10.7. The predicted molar refractivity (Wildman–Crippen MR) is 69.1 cm³/mol. The lowest BCUT2D eigenvalue weighted by Gasteiger charge is -2.05. The fourth-order valence-electron chi connectivity index (χ4n) is 1.71. The fourth-order valence-corrected chi connectivity index (χ4v) is 1.71. The van der Waals surface area contributed by atoms with Crippen LogP contribution in [0.5, 0.6) is 0 Å². The van der Waals surface area contributed by atoms with Gasteiger partial charge in [-0.1, -0.05) is 0 Å². The molecule has 104 valence electrons. The fraction of sp³-hybridized carbons (Fsp3) is 0.167. The van der Waals surface area contributed by atoms with E-state index in [1.807, 2.05) is 0 Å². The number of aromatic nitrogens is 2. The Morgan fingerprint density at radius 3 is 2.70 bits per heavy atom. The maximum absolute atomic E-state index is 13.2. The van der Waals surface area contributed by atoms with Crippen LogP contribution in [0.3, 0.4) is 0 Å². The number of benzene rings is 1. The molecule has 2 N–H and O–H groups in total. The highest BCUT2D eigenvalue weighted by atomic mass is 19.1. The van der Waals surface area contributed by atoms with Crippen LogP contribution in [0, 0.1) is 29.8 Å². The second kappa shape index (κ2) is 5.08. The van der Waals surface area contributed by atoms with E-state index >= 15 is 0 Å². The Morgan fingerprint density at radius 2 is 2.15 bits per heavy atom. The van der Waals surface area contributed by atoms with Gasteiger partial charge in [-0.2, -0.15) is 9.49 Å². The van der Waals surface area contributed by atoms with Crippen molar-refractivity contribution in [1.29, 1.82) is 0 Å². The average molecular weight is 278 g/mol. The van der Waals surface area contributed by atoms with Crippen LogP contribution in [0.4, 0.5) is 15.8 Å². The SMILES string of the molecule is Cc1n[nH]c(C)c1NC(=O)c1ccc(F)c([N+](=O)[O-])c1. The van der Waals surface area contributed by atoms with E-state index in [0.717, 1.165) is 12.1 Å². The number of nitrogens with zero attached hydrogens (tertiary/aromatic N) is 2. The van der Waals surface area contributed by atoms with E-state index in [1.165, 1.54) is 6.07 Å². The van der Waals surface area contributed by atoms with Crippen molar-refractivity contribution in [3.63, 3.8) is 0 Å². The second-order valence-corrected chi connectivity index (χ2v) is 4.19. The number of aromatic amines is 1. The number of amides is 1. The molecule has 1 aromatic carbocycles. The molecule has 0 aliphatic rings. The average Bonchev–Trinajstić information content (AvgIpc) is 2.70. The minimum absolute atomic E-state index is 0.00176. The molecule has 0 unspecified atom stereocenters. The molecule has 20 heavy (non-hydrogen) atoms. The third-order valence-electron chi connectivity index (χ3n) is 2.77. The molecule has 1 aromatic heterocycles. The molecule has 7 nitrogen and oxygen atoms in total. The number of carbonyl (C=O) groups is 1. The lowest BCUT2D eigenvalue weighted by atomic mass is 10.1. The zero-order valence-electron chi connectivity index (χ0n) is 10.7. The van der Waals surface area contributed by atoms with Crippen molar-refractivity contribution in [3.8, 4) is 0 Å². The van der Waals surface area contributed by atoms with Crippen LogP contribution in [0.25, 0.3) is 0 Å². The Balaban J connectivity index is 2.30. The van der Waals surface area contributed by atoms with Crippen LogP contribution >= 0.6 is 0 Å². The maximum Gasteiger partial charge on any atom is 0.305 e. The van der Waals surface area contributed by atoms with Crippen LogP contribution in [0.2, 0.25) is 0 Å². The number of H-pyrrole nitrogens is 1. The van der Waals surface area contributed by atoms with E-state index in [9.17, 15) is 19.3 Å². The van der Waals surface area contributed by atoms with E-state index in [-0.39, 0.29) is 5.56 Å². The molecule has 0 aliphatic heterocycles. The molecule has 8 heteroatoms. The highest BCUT2D eigenvalue weighted by Gasteiger charge is 2.18. The molecule has 1 amide bonds. The predicted octanol–water partition coefficient (Wildman–Crippen LogP) is 2.33. The van der Waals surface area contributed by atoms with E-state index in [1.54, 1.807) is 13.8 Å². The van der Waals surface area contributed by atoms with E-state index in [0.29, 0.717) is 17.1 Å². The van der Waals surface area contributed by atoms with Crippen LogP contribution in [-0.2, 0) is 0 Å². The van der Waals surface area contributed by atoms with Crippen LogP contribution in [0.1, 0.15) is 21.7 Å². The van der Waals surface area contributed by atoms with E-state index in [2.05, 4.69) is 15.5 Å². The number of rotatable bonds is 3. The van der Waals surface area contributed by atoms with Crippen LogP contribution in [0.15, 0.2) is 18.2 Å². The highest BCUT2D eigenvalue weighted by molar-refractivity contribution is 6.05. The first kappa shape index (κ1) is 13.7. The second-order valence-electron chi connectivity index (χ2n) is 4.19. The molecule has 0 saturated heterocycles. The van der Waals surface area contributed by atoms with Gasteiger partial charge in [0.1, 0.15) is 0 Å². The van der Waals surface area contributed by atoms with Crippen molar-refractivity contribution in [2.24, 2.45) is 0 Å². The van der Waals surface area contributed by atoms with Gasteiger partial charge in [0.05, 0.1) is 22.0 Å². The van der Waals surface area contributed by atoms with Crippen LogP contribution in [-0.4, -0.2) is 21.0 Å². The van der Waals surface area contributed by atoms with Gasteiger partial charge in [0.25, 0.3) is 5.91 Å². The van der Waals surface area contributed by atoms with Crippen molar-refractivity contribution in [2.75, 3.05) is 5.32 Å². The molecule has 0 bridgehead atoms. The maximum atomic E-state index is 13.2. The van der Waals surface area contributed by atoms with Gasteiger partial charge < -0.3 is 5.32 Å². The van der Waals surface area contributed by atoms with Crippen molar-refractivity contribution < 1.29 is 14.1 Å². The summed E-state index contributed by atoms with van der Waals surface area (Å²) in [6.07, 6.45) is 0. The number of carbonyl (C=O) groups excluding carboxylic acids is 1. The molecule has 0 radical (unpaired) electrons. The first-order valence-electron chi connectivity index (χ1n) is 5.67. The highest BCUT2D eigenvalue weighted by Crippen LogP contribution is 2.21. The van der Waals surface area contributed by atoms with E-state index in [4.69, 9.17) is 0 Å². The Hall–Kier alpha value is -2.77. The summed E-state index contributed by atoms with van der Waals surface area (Å²) >= 11 is 0. The summed E-state index contributed by atoms with van der Waals surface area (Å²) in [5, 5.41) is 19.8. The lowest BCUT2D eigenvalue weighted by molar-refractivity contribution is -0.387. The smallest absolute Gasteiger partial charge is 0.305 e. The molecule has 2 aromatic rings. The van der Waals surface area contributed by atoms with Crippen molar-refractivity contribution in [3.05, 3.63) is 51.1 Å². The number of halogens is 1. The molecule has 1 heterocycles. The van der Waals surface area contributed by atoms with E-state index < -0.39 is 22.3 Å². The summed E-state index contributed by atoms with van der Waals surface area (Å²) in [7, 11) is 0. The summed E-state index contributed by atoms with van der Waals surface area (Å²) in [5.74, 6) is -1.55. The summed E-state index contributed by atoms with van der Waals surface area (Å²) in [6, 6.07) is 2.97. The molecular formula is C12H11FN4O3. The van der Waals surface area contributed by atoms with Gasteiger partial charge in [0, 0.05) is 11.6 Å². The van der Waals surface area contributed by atoms with Gasteiger partial charge in [0.2, 0.25) is 5.82 Å². The zero-order chi connectivity index (χ0) is 14.9. The van der Waals surface area contributed by atoms with Crippen LogP contribution < -0.4 is 5.32 Å². The number of nitro benzene ring substituents is 1. The molecule has 0 atom stereocenters. The molecule has 0 fully saturated rings. The molecule has 0 spiro atoms. The monoisotopic (exact) mass is 278 g/mol. The molecule has 2 rings (SSSR count). The van der Waals surface area contributed by atoms with Gasteiger partial charge in [-0.25, -0.2) is 0 Å². The summed E-state index contributed by atoms with van der Waals surface area (Å²) < 4.78 is 13.2. The molecule has 0 saturated carbocycles. The summed E-state index contributed by atoms with van der Waals surface area (Å²) in [4.78, 5) is 21.8. The normalized spacial score (nSPS) is 10.3. The Labute approximate surface area is 113 Å². The van der Waals surface area contributed by atoms with Crippen molar-refractivity contribution in [1.82, 2.24) is 10.2 Å².